The Labute approximate surface area is 185 Å². The minimum Gasteiger partial charge on any atom is -0.493 e. The van der Waals surface area contributed by atoms with Gasteiger partial charge in [-0.2, -0.15) is 4.31 Å². The highest BCUT2D eigenvalue weighted by Crippen LogP contribution is 2.29. The van der Waals surface area contributed by atoms with Crippen molar-refractivity contribution < 1.29 is 22.7 Å². The van der Waals surface area contributed by atoms with Crippen molar-refractivity contribution in [2.24, 2.45) is 0 Å². The number of allylic oxidation sites excluding steroid dienone is 1. The lowest BCUT2D eigenvalue weighted by Crippen LogP contribution is -2.51. The number of piperazine rings is 1. The number of sulfonamides is 1. The molecule has 0 saturated carbocycles. The fourth-order valence-corrected chi connectivity index (χ4v) is 6.16. The number of ether oxygens (including phenoxy) is 2. The average Bonchev–Trinajstić information content (AvgIpc) is 3.20. The van der Waals surface area contributed by atoms with Crippen LogP contribution in [-0.2, 0) is 21.2 Å². The number of nitrogens with zero attached hydrogens (tertiary/aromatic N) is 2. The lowest BCUT2D eigenvalue weighted by Gasteiger charge is -2.33. The average molecular weight is 471 g/mol. The molecule has 10 heteroatoms. The molecule has 0 N–H and O–H groups in total. The van der Waals surface area contributed by atoms with Crippen molar-refractivity contribution in [2.45, 2.75) is 10.6 Å². The predicted molar refractivity (Wildman–Crippen MR) is 117 cm³/mol. The van der Waals surface area contributed by atoms with E-state index in [9.17, 15) is 13.2 Å². The predicted octanol–water partition coefficient (Wildman–Crippen LogP) is 3.05. The summed E-state index contributed by atoms with van der Waals surface area (Å²) in [6, 6.07) is 8.57. The highest BCUT2D eigenvalue weighted by Gasteiger charge is 2.31. The number of hydrogen-bond acceptors (Lipinski definition) is 6. The van der Waals surface area contributed by atoms with Gasteiger partial charge < -0.3 is 14.4 Å². The first-order valence-corrected chi connectivity index (χ1v) is 11.9. The number of benzene rings is 1. The van der Waals surface area contributed by atoms with E-state index >= 15 is 0 Å². The first kappa shape index (κ1) is 22.6. The third kappa shape index (κ3) is 5.15. The van der Waals surface area contributed by atoms with Crippen molar-refractivity contribution in [3.05, 3.63) is 52.9 Å². The molecule has 1 saturated heterocycles. The summed E-state index contributed by atoms with van der Waals surface area (Å²) in [7, 11) is -2.05. The Morgan fingerprint density at radius 2 is 1.93 bits per heavy atom. The molecule has 1 fully saturated rings. The maximum atomic E-state index is 12.7. The van der Waals surface area contributed by atoms with Crippen molar-refractivity contribution in [3.8, 4) is 11.5 Å². The van der Waals surface area contributed by atoms with E-state index in [1.54, 1.807) is 30.2 Å². The normalized spacial score (nSPS) is 15.1. The molecule has 1 aromatic carbocycles. The van der Waals surface area contributed by atoms with Crippen molar-refractivity contribution in [2.75, 3.05) is 39.9 Å². The van der Waals surface area contributed by atoms with Gasteiger partial charge in [0, 0.05) is 26.2 Å². The number of carbonyl (C=O) groups is 1. The Balaban J connectivity index is 1.55. The SMILES string of the molecule is C=CCc1ccc(OCC(=O)N2CCN(S(=O)(=O)c3ccc(Cl)s3)CC2)c(OC)c1. The van der Waals surface area contributed by atoms with Crippen LogP contribution < -0.4 is 9.47 Å². The minimum atomic E-state index is -3.59. The Kier molecular flexibility index (Phi) is 7.41. The minimum absolute atomic E-state index is 0.148. The summed E-state index contributed by atoms with van der Waals surface area (Å²) in [4.78, 5) is 14.1. The highest BCUT2D eigenvalue weighted by molar-refractivity contribution is 7.91. The molecule has 30 heavy (non-hydrogen) atoms. The molecule has 0 radical (unpaired) electrons. The molecule has 1 amide bonds. The molecule has 1 aromatic heterocycles. The quantitative estimate of drug-likeness (QED) is 0.554. The number of rotatable bonds is 8. The first-order valence-electron chi connectivity index (χ1n) is 9.29. The van der Waals surface area contributed by atoms with E-state index < -0.39 is 10.0 Å². The van der Waals surface area contributed by atoms with Gasteiger partial charge in [-0.25, -0.2) is 8.42 Å². The lowest BCUT2D eigenvalue weighted by molar-refractivity contribution is -0.134. The van der Waals surface area contributed by atoms with E-state index in [0.717, 1.165) is 16.9 Å². The van der Waals surface area contributed by atoms with Gasteiger partial charge in [-0.05, 0) is 36.2 Å². The number of hydrogen-bond donors (Lipinski definition) is 0. The Morgan fingerprint density at radius 3 is 2.53 bits per heavy atom. The second kappa shape index (κ2) is 9.82. The molecular weight excluding hydrogens is 448 g/mol. The maximum Gasteiger partial charge on any atom is 0.260 e. The van der Waals surface area contributed by atoms with Crippen LogP contribution in [0.15, 0.2) is 47.2 Å². The van der Waals surface area contributed by atoms with Crippen LogP contribution in [0.5, 0.6) is 11.5 Å². The van der Waals surface area contributed by atoms with Crippen LogP contribution >= 0.6 is 22.9 Å². The van der Waals surface area contributed by atoms with Gasteiger partial charge in [0.05, 0.1) is 11.4 Å². The van der Waals surface area contributed by atoms with Crippen LogP contribution in [0, 0.1) is 0 Å². The monoisotopic (exact) mass is 470 g/mol. The van der Waals surface area contributed by atoms with Crippen LogP contribution in [0.3, 0.4) is 0 Å². The fourth-order valence-electron chi connectivity index (χ4n) is 3.10. The van der Waals surface area contributed by atoms with Gasteiger partial charge in [-0.1, -0.05) is 23.7 Å². The van der Waals surface area contributed by atoms with E-state index in [1.807, 2.05) is 12.1 Å². The summed E-state index contributed by atoms with van der Waals surface area (Å²) in [6.45, 7) is 4.62. The molecule has 0 spiro atoms. The molecule has 0 unspecified atom stereocenters. The standard InChI is InChI=1S/C20H23ClN2O5S2/c1-3-4-15-5-6-16(17(13-15)27-2)28-14-19(24)22-9-11-23(12-10-22)30(25,26)20-8-7-18(21)29-20/h3,5-8,13H,1,4,9-12,14H2,2H3. The number of amides is 1. The molecule has 2 aromatic rings. The first-order chi connectivity index (χ1) is 14.3. The number of methoxy groups -OCH3 is 1. The summed E-state index contributed by atoms with van der Waals surface area (Å²) >= 11 is 6.88. The van der Waals surface area contributed by atoms with Crippen molar-refractivity contribution in [1.82, 2.24) is 9.21 Å². The van der Waals surface area contributed by atoms with E-state index in [1.165, 1.54) is 10.4 Å². The van der Waals surface area contributed by atoms with E-state index in [-0.39, 0.29) is 29.8 Å². The summed E-state index contributed by atoms with van der Waals surface area (Å²) in [5, 5.41) is 0. The van der Waals surface area contributed by atoms with Gasteiger partial charge in [0.25, 0.3) is 15.9 Å². The molecule has 7 nitrogen and oxygen atoms in total. The van der Waals surface area contributed by atoms with Crippen molar-refractivity contribution in [1.29, 1.82) is 0 Å². The van der Waals surface area contributed by atoms with Crippen LogP contribution in [0.1, 0.15) is 5.56 Å². The van der Waals surface area contributed by atoms with E-state index in [4.69, 9.17) is 21.1 Å². The molecule has 0 atom stereocenters. The zero-order valence-corrected chi connectivity index (χ0v) is 18.9. The Morgan fingerprint density at radius 1 is 1.20 bits per heavy atom. The Bertz CT molecular complexity index is 1010. The van der Waals surface area contributed by atoms with Crippen molar-refractivity contribution >= 4 is 38.9 Å². The molecule has 2 heterocycles. The van der Waals surface area contributed by atoms with Gasteiger partial charge in [0.15, 0.2) is 18.1 Å². The summed E-state index contributed by atoms with van der Waals surface area (Å²) in [6.07, 6.45) is 2.51. The molecule has 3 rings (SSSR count). The molecular formula is C20H23ClN2O5S2. The third-order valence-corrected chi connectivity index (χ3v) is 8.29. The van der Waals surface area contributed by atoms with E-state index in [0.29, 0.717) is 35.3 Å². The third-order valence-electron chi connectivity index (χ3n) is 4.69. The lowest BCUT2D eigenvalue weighted by atomic mass is 10.1. The second-order valence-corrected chi connectivity index (χ2v) is 10.5. The zero-order valence-electron chi connectivity index (χ0n) is 16.5. The van der Waals surface area contributed by atoms with Gasteiger partial charge >= 0.3 is 0 Å². The van der Waals surface area contributed by atoms with E-state index in [2.05, 4.69) is 6.58 Å². The highest BCUT2D eigenvalue weighted by atomic mass is 35.5. The molecule has 0 aliphatic carbocycles. The largest absolute Gasteiger partial charge is 0.493 e. The zero-order chi connectivity index (χ0) is 21.7. The topological polar surface area (TPSA) is 76.2 Å². The number of thiophene rings is 1. The molecule has 1 aliphatic rings. The molecule has 162 valence electrons. The van der Waals surface area contributed by atoms with Crippen LogP contribution in [0.25, 0.3) is 0 Å². The van der Waals surface area contributed by atoms with Gasteiger partial charge in [-0.3, -0.25) is 4.79 Å². The van der Waals surface area contributed by atoms with Gasteiger partial charge in [0.1, 0.15) is 4.21 Å². The second-order valence-electron chi connectivity index (χ2n) is 6.61. The van der Waals surface area contributed by atoms with Gasteiger partial charge in [-0.15, -0.1) is 17.9 Å². The van der Waals surface area contributed by atoms with Crippen LogP contribution in [0.4, 0.5) is 0 Å². The number of halogens is 1. The summed E-state index contributed by atoms with van der Waals surface area (Å²) < 4.78 is 38.3. The van der Waals surface area contributed by atoms with Crippen LogP contribution in [0.2, 0.25) is 4.34 Å². The maximum absolute atomic E-state index is 12.7. The van der Waals surface area contributed by atoms with Gasteiger partial charge in [0.2, 0.25) is 0 Å². The fraction of sp³-hybridized carbons (Fsp3) is 0.350. The molecule has 0 bridgehead atoms. The summed E-state index contributed by atoms with van der Waals surface area (Å²) in [5.74, 6) is 0.825. The smallest absolute Gasteiger partial charge is 0.260 e. The Hall–Kier alpha value is -2.07. The summed E-state index contributed by atoms with van der Waals surface area (Å²) in [5.41, 5.74) is 1.03. The van der Waals surface area contributed by atoms with Crippen molar-refractivity contribution in [3.63, 3.8) is 0 Å². The van der Waals surface area contributed by atoms with Crippen LogP contribution in [-0.4, -0.2) is 63.4 Å². The molecule has 1 aliphatic heterocycles. The number of carbonyl (C=O) groups excluding carboxylic acids is 1.